The lowest BCUT2D eigenvalue weighted by molar-refractivity contribution is 0.253. The van der Waals surface area contributed by atoms with Crippen molar-refractivity contribution in [1.29, 1.82) is 0 Å². The lowest BCUT2D eigenvalue weighted by Crippen LogP contribution is -2.42. The van der Waals surface area contributed by atoms with E-state index in [1.807, 2.05) is 0 Å². The maximum absolute atomic E-state index is 5.30. The summed E-state index contributed by atoms with van der Waals surface area (Å²) in [4.78, 5) is 9.30. The maximum Gasteiger partial charge on any atom is 0.228 e. The van der Waals surface area contributed by atoms with E-state index in [1.54, 1.807) is 0 Å². The number of aromatic nitrogens is 2. The zero-order chi connectivity index (χ0) is 19.1. The molecule has 0 unspecified atom stereocenters. The second kappa shape index (κ2) is 10.8. The number of halogens is 1. The van der Waals surface area contributed by atoms with Crippen molar-refractivity contribution in [2.75, 3.05) is 19.6 Å². The molecule has 28 heavy (non-hydrogen) atoms. The van der Waals surface area contributed by atoms with E-state index in [9.17, 15) is 0 Å². The van der Waals surface area contributed by atoms with Gasteiger partial charge in [0.15, 0.2) is 11.8 Å². The van der Waals surface area contributed by atoms with Gasteiger partial charge in [0.05, 0.1) is 6.54 Å². The molecule has 6 nitrogen and oxygen atoms in total. The lowest BCUT2D eigenvalue weighted by atomic mass is 9.64. The monoisotopic (exact) mass is 497 g/mol. The summed E-state index contributed by atoms with van der Waals surface area (Å²) in [6, 6.07) is 10.8. The highest BCUT2D eigenvalue weighted by Crippen LogP contribution is 2.43. The van der Waals surface area contributed by atoms with Crippen LogP contribution in [0.2, 0.25) is 0 Å². The van der Waals surface area contributed by atoms with Gasteiger partial charge in [-0.2, -0.15) is 4.98 Å². The molecule has 1 aliphatic carbocycles. The third-order valence-corrected chi connectivity index (χ3v) is 5.21. The number of aliphatic imine (C=N–C) groups is 1. The molecule has 1 heterocycles. The molecule has 3 rings (SSSR count). The Bertz CT molecular complexity index is 740. The van der Waals surface area contributed by atoms with Gasteiger partial charge >= 0.3 is 0 Å². The van der Waals surface area contributed by atoms with Gasteiger partial charge in [-0.05, 0) is 25.3 Å². The summed E-state index contributed by atoms with van der Waals surface area (Å²) in [5.74, 6) is 2.57. The van der Waals surface area contributed by atoms with Crippen molar-refractivity contribution in [2.45, 2.75) is 57.8 Å². The highest BCUT2D eigenvalue weighted by molar-refractivity contribution is 14.0. The standard InChI is InChI=1S/C21H31N5O.HI/c1-4-22-20(23-14-11-18-25-19(16(2)3)26-27-18)24-15-21(12-8-13-21)17-9-6-5-7-10-17;/h5-7,9-10,16H,4,8,11-15H2,1-3H3,(H2,22,23,24);1H. The van der Waals surface area contributed by atoms with Gasteiger partial charge < -0.3 is 15.2 Å². The lowest BCUT2D eigenvalue weighted by Gasteiger charge is -2.41. The molecule has 0 spiro atoms. The van der Waals surface area contributed by atoms with Crippen molar-refractivity contribution in [1.82, 2.24) is 20.8 Å². The summed E-state index contributed by atoms with van der Waals surface area (Å²) in [6.45, 7) is 8.56. The van der Waals surface area contributed by atoms with Crippen LogP contribution in [-0.2, 0) is 11.8 Å². The molecule has 0 atom stereocenters. The van der Waals surface area contributed by atoms with E-state index in [0.29, 0.717) is 18.9 Å². The second-order valence-electron chi connectivity index (χ2n) is 7.57. The molecule has 7 heteroatoms. The average Bonchev–Trinajstić information content (AvgIpc) is 3.11. The van der Waals surface area contributed by atoms with Gasteiger partial charge in [0, 0.05) is 30.8 Å². The summed E-state index contributed by atoms with van der Waals surface area (Å²) in [5.41, 5.74) is 1.60. The summed E-state index contributed by atoms with van der Waals surface area (Å²) in [6.07, 6.45) is 4.39. The van der Waals surface area contributed by atoms with Crippen LogP contribution in [-0.4, -0.2) is 35.7 Å². The molecule has 1 saturated carbocycles. The largest absolute Gasteiger partial charge is 0.357 e. The van der Waals surface area contributed by atoms with Gasteiger partial charge in [0.25, 0.3) is 0 Å². The van der Waals surface area contributed by atoms with Crippen LogP contribution in [0.15, 0.2) is 39.8 Å². The molecule has 0 radical (unpaired) electrons. The first-order valence-corrected chi connectivity index (χ1v) is 10.0. The minimum absolute atomic E-state index is 0. The Balaban J connectivity index is 0.00000280. The SMILES string of the molecule is CCNC(=NCC1(c2ccccc2)CCC1)NCCc1nc(C(C)C)no1.I. The smallest absolute Gasteiger partial charge is 0.228 e. The van der Waals surface area contributed by atoms with Gasteiger partial charge in [-0.25, -0.2) is 0 Å². The molecule has 154 valence electrons. The minimum atomic E-state index is 0. The van der Waals surface area contributed by atoms with E-state index in [2.05, 4.69) is 71.9 Å². The minimum Gasteiger partial charge on any atom is -0.357 e. The Morgan fingerprint density at radius 3 is 2.54 bits per heavy atom. The van der Waals surface area contributed by atoms with Gasteiger partial charge in [-0.1, -0.05) is 55.8 Å². The molecule has 1 aliphatic rings. The number of rotatable bonds is 8. The van der Waals surface area contributed by atoms with Crippen LogP contribution in [0.4, 0.5) is 0 Å². The molecular formula is C21H32IN5O. The quantitative estimate of drug-likeness (QED) is 0.327. The highest BCUT2D eigenvalue weighted by Gasteiger charge is 2.38. The first kappa shape index (κ1) is 22.6. The van der Waals surface area contributed by atoms with Crippen molar-refractivity contribution in [3.8, 4) is 0 Å². The number of guanidine groups is 1. The fourth-order valence-electron chi connectivity index (χ4n) is 3.40. The highest BCUT2D eigenvalue weighted by atomic mass is 127. The van der Waals surface area contributed by atoms with Gasteiger partial charge in [0.1, 0.15) is 0 Å². The number of hydrogen-bond donors (Lipinski definition) is 2. The van der Waals surface area contributed by atoms with E-state index in [1.165, 1.54) is 24.8 Å². The molecule has 0 bridgehead atoms. The van der Waals surface area contributed by atoms with Crippen LogP contribution in [0.25, 0.3) is 0 Å². The molecule has 2 aromatic rings. The van der Waals surface area contributed by atoms with E-state index in [-0.39, 0.29) is 35.3 Å². The Kier molecular flexibility index (Phi) is 8.72. The van der Waals surface area contributed by atoms with Gasteiger partial charge in [-0.3, -0.25) is 4.99 Å². The summed E-state index contributed by atoms with van der Waals surface area (Å²) in [7, 11) is 0. The topological polar surface area (TPSA) is 75.3 Å². The van der Waals surface area contributed by atoms with Gasteiger partial charge in [0.2, 0.25) is 5.89 Å². The van der Waals surface area contributed by atoms with Crippen molar-refractivity contribution in [3.05, 3.63) is 47.6 Å². The molecular weight excluding hydrogens is 465 g/mol. The van der Waals surface area contributed by atoms with E-state index in [0.717, 1.165) is 24.9 Å². The Morgan fingerprint density at radius 1 is 1.21 bits per heavy atom. The number of hydrogen-bond acceptors (Lipinski definition) is 4. The molecule has 0 amide bonds. The predicted octanol–water partition coefficient (Wildman–Crippen LogP) is 4.03. The van der Waals surface area contributed by atoms with Crippen LogP contribution in [0.3, 0.4) is 0 Å². The van der Waals surface area contributed by atoms with E-state index < -0.39 is 0 Å². The van der Waals surface area contributed by atoms with Crippen molar-refractivity contribution >= 4 is 29.9 Å². The molecule has 0 saturated heterocycles. The fourth-order valence-corrected chi connectivity index (χ4v) is 3.40. The summed E-state index contributed by atoms with van der Waals surface area (Å²) >= 11 is 0. The zero-order valence-electron chi connectivity index (χ0n) is 17.1. The van der Waals surface area contributed by atoms with Crippen LogP contribution in [0, 0.1) is 0 Å². The van der Waals surface area contributed by atoms with Crippen molar-refractivity contribution < 1.29 is 4.52 Å². The molecule has 1 aromatic carbocycles. The Hall–Kier alpha value is -1.64. The van der Waals surface area contributed by atoms with Crippen LogP contribution in [0.1, 0.15) is 63.2 Å². The fraction of sp³-hybridized carbons (Fsp3) is 0.571. The number of nitrogens with one attached hydrogen (secondary N) is 2. The van der Waals surface area contributed by atoms with Crippen molar-refractivity contribution in [3.63, 3.8) is 0 Å². The predicted molar refractivity (Wildman–Crippen MR) is 123 cm³/mol. The van der Waals surface area contributed by atoms with Crippen molar-refractivity contribution in [2.24, 2.45) is 4.99 Å². The average molecular weight is 497 g/mol. The summed E-state index contributed by atoms with van der Waals surface area (Å²) < 4.78 is 5.30. The molecule has 2 N–H and O–H groups in total. The molecule has 1 fully saturated rings. The second-order valence-corrected chi connectivity index (χ2v) is 7.57. The molecule has 0 aliphatic heterocycles. The van der Waals surface area contributed by atoms with Crippen LogP contribution in [0.5, 0.6) is 0 Å². The zero-order valence-corrected chi connectivity index (χ0v) is 19.4. The third-order valence-electron chi connectivity index (χ3n) is 5.21. The van der Waals surface area contributed by atoms with E-state index >= 15 is 0 Å². The third kappa shape index (κ3) is 5.68. The Morgan fingerprint density at radius 2 is 1.96 bits per heavy atom. The maximum atomic E-state index is 5.30. The first-order valence-electron chi connectivity index (χ1n) is 10.0. The number of nitrogens with zero attached hydrogens (tertiary/aromatic N) is 3. The van der Waals surface area contributed by atoms with Gasteiger partial charge in [-0.15, -0.1) is 24.0 Å². The number of benzene rings is 1. The molecule has 1 aromatic heterocycles. The Labute approximate surface area is 185 Å². The first-order chi connectivity index (χ1) is 13.1. The van der Waals surface area contributed by atoms with E-state index in [4.69, 9.17) is 9.52 Å². The van der Waals surface area contributed by atoms with Crippen LogP contribution < -0.4 is 10.6 Å². The normalized spacial score (nSPS) is 15.6. The summed E-state index contributed by atoms with van der Waals surface area (Å²) in [5, 5.41) is 10.7. The van der Waals surface area contributed by atoms with Crippen LogP contribution >= 0.6 is 24.0 Å².